The molecule has 0 amide bonds. The minimum atomic E-state index is -0.0387. The highest BCUT2D eigenvalue weighted by Gasteiger charge is 2.24. The van der Waals surface area contributed by atoms with Gasteiger partial charge in [-0.3, -0.25) is 9.83 Å². The van der Waals surface area contributed by atoms with Gasteiger partial charge in [0.1, 0.15) is 17.7 Å². The van der Waals surface area contributed by atoms with E-state index in [0.717, 1.165) is 26.4 Å². The normalized spacial score (nSPS) is 16.3. The van der Waals surface area contributed by atoms with Gasteiger partial charge in [-0.1, -0.05) is 48.2 Å². The molecular weight excluding hydrogens is 412 g/mol. The lowest BCUT2D eigenvalue weighted by Gasteiger charge is -2.23. The van der Waals surface area contributed by atoms with E-state index in [1.807, 2.05) is 30.3 Å². The van der Waals surface area contributed by atoms with Gasteiger partial charge in [0, 0.05) is 20.0 Å². The van der Waals surface area contributed by atoms with Gasteiger partial charge in [0.25, 0.3) is 0 Å². The summed E-state index contributed by atoms with van der Waals surface area (Å²) in [5.74, 6) is 0.694. The van der Waals surface area contributed by atoms with Crippen molar-refractivity contribution in [3.8, 4) is 0 Å². The van der Waals surface area contributed by atoms with Crippen LogP contribution < -0.4 is 5.48 Å². The van der Waals surface area contributed by atoms with Gasteiger partial charge in [0.2, 0.25) is 0 Å². The Labute approximate surface area is 183 Å². The first-order chi connectivity index (χ1) is 14.7. The molecule has 1 aliphatic rings. The maximum Gasteiger partial charge on any atom is 0.156 e. The van der Waals surface area contributed by atoms with E-state index in [1.165, 1.54) is 15.3 Å². The Morgan fingerprint density at radius 3 is 2.67 bits per heavy atom. The standard InChI is InChI=1S/C23H20N4OS2/c1-14-7-3-6-10-19(14)30-23-21(16-8-4-5-9-17(16)25-26-23)22-24-18(13-28-27-22)20-12-11-15(2)29-20/h3-12,18H,13H2,1-2H3,(H,24,27)/t18-/m1/s1. The molecule has 7 heteroatoms. The van der Waals surface area contributed by atoms with Crippen LogP contribution in [0.2, 0.25) is 0 Å². The molecule has 30 heavy (non-hydrogen) atoms. The molecule has 0 bridgehead atoms. The minimum Gasteiger partial charge on any atom is -0.272 e. The number of hydroxylamine groups is 1. The average Bonchev–Trinajstić information content (AvgIpc) is 3.21. The number of aromatic nitrogens is 2. The van der Waals surface area contributed by atoms with Gasteiger partial charge in [0.15, 0.2) is 5.84 Å². The number of nitrogens with one attached hydrogen (secondary N) is 1. The predicted molar refractivity (Wildman–Crippen MR) is 122 cm³/mol. The van der Waals surface area contributed by atoms with Crippen molar-refractivity contribution in [1.29, 1.82) is 0 Å². The van der Waals surface area contributed by atoms with E-state index in [4.69, 9.17) is 9.83 Å². The maximum atomic E-state index is 5.76. The third-order valence-corrected chi connectivity index (χ3v) is 7.22. The summed E-state index contributed by atoms with van der Waals surface area (Å²) in [5.41, 5.74) is 6.00. The van der Waals surface area contributed by atoms with E-state index in [0.29, 0.717) is 12.4 Å². The lowest BCUT2D eigenvalue weighted by molar-refractivity contribution is 0.0628. The van der Waals surface area contributed by atoms with Crippen LogP contribution in [0.5, 0.6) is 0 Å². The Morgan fingerprint density at radius 2 is 1.83 bits per heavy atom. The molecule has 0 saturated heterocycles. The van der Waals surface area contributed by atoms with Gasteiger partial charge in [-0.05, 0) is 43.7 Å². The van der Waals surface area contributed by atoms with Gasteiger partial charge < -0.3 is 0 Å². The van der Waals surface area contributed by atoms with E-state index < -0.39 is 0 Å². The monoisotopic (exact) mass is 432 g/mol. The molecule has 0 aliphatic carbocycles. The molecule has 0 fully saturated rings. The third-order valence-electron chi connectivity index (χ3n) is 4.96. The van der Waals surface area contributed by atoms with Gasteiger partial charge in [0.05, 0.1) is 11.1 Å². The Balaban J connectivity index is 1.64. The number of hydrogen-bond acceptors (Lipinski definition) is 7. The molecule has 0 spiro atoms. The molecule has 2 aromatic heterocycles. The topological polar surface area (TPSA) is 59.4 Å². The second-order valence-corrected chi connectivity index (χ2v) is 9.47. The summed E-state index contributed by atoms with van der Waals surface area (Å²) in [7, 11) is 0. The summed E-state index contributed by atoms with van der Waals surface area (Å²) in [6, 6.07) is 20.5. The van der Waals surface area contributed by atoms with Crippen molar-refractivity contribution >= 4 is 39.8 Å². The second-order valence-electron chi connectivity index (χ2n) is 7.12. The van der Waals surface area contributed by atoms with Gasteiger partial charge in [-0.15, -0.1) is 21.5 Å². The van der Waals surface area contributed by atoms with Crippen molar-refractivity contribution in [2.45, 2.75) is 29.8 Å². The quantitative estimate of drug-likeness (QED) is 0.463. The first kappa shape index (κ1) is 19.2. The number of amidine groups is 1. The number of hydrogen-bond donors (Lipinski definition) is 1. The summed E-state index contributed by atoms with van der Waals surface area (Å²) in [6.45, 7) is 4.71. The van der Waals surface area contributed by atoms with Crippen molar-refractivity contribution in [2.24, 2.45) is 4.99 Å². The number of fused-ring (bicyclic) bond motifs is 1. The second kappa shape index (κ2) is 8.18. The zero-order chi connectivity index (χ0) is 20.5. The van der Waals surface area contributed by atoms with Gasteiger partial charge >= 0.3 is 0 Å². The van der Waals surface area contributed by atoms with Crippen molar-refractivity contribution in [3.63, 3.8) is 0 Å². The molecule has 1 aliphatic heterocycles. The summed E-state index contributed by atoms with van der Waals surface area (Å²) >= 11 is 3.36. The van der Waals surface area contributed by atoms with Crippen molar-refractivity contribution < 1.29 is 4.84 Å². The lowest BCUT2D eigenvalue weighted by Crippen LogP contribution is -2.33. The summed E-state index contributed by atoms with van der Waals surface area (Å²) in [4.78, 5) is 14.4. The maximum absolute atomic E-state index is 5.76. The average molecular weight is 433 g/mol. The van der Waals surface area contributed by atoms with E-state index in [1.54, 1.807) is 23.1 Å². The lowest BCUT2D eigenvalue weighted by atomic mass is 10.1. The molecule has 2 aromatic carbocycles. The molecule has 0 saturated carbocycles. The van der Waals surface area contributed by atoms with E-state index in [-0.39, 0.29) is 6.04 Å². The summed E-state index contributed by atoms with van der Waals surface area (Å²) in [5, 5.41) is 10.8. The number of nitrogens with zero attached hydrogens (tertiary/aromatic N) is 3. The van der Waals surface area contributed by atoms with Gasteiger partial charge in [-0.2, -0.15) is 0 Å². The largest absolute Gasteiger partial charge is 0.272 e. The van der Waals surface area contributed by atoms with Crippen LogP contribution in [-0.4, -0.2) is 22.6 Å². The Morgan fingerprint density at radius 1 is 1.00 bits per heavy atom. The number of rotatable bonds is 4. The van der Waals surface area contributed by atoms with Crippen LogP contribution in [0.1, 0.15) is 26.9 Å². The Bertz CT molecular complexity index is 1250. The van der Waals surface area contributed by atoms with Crippen LogP contribution in [-0.2, 0) is 4.84 Å². The van der Waals surface area contributed by atoms with E-state index >= 15 is 0 Å². The van der Waals surface area contributed by atoms with Crippen LogP contribution in [0.3, 0.4) is 0 Å². The molecule has 1 N–H and O–H groups in total. The van der Waals surface area contributed by atoms with Gasteiger partial charge in [-0.25, -0.2) is 5.48 Å². The minimum absolute atomic E-state index is 0.0387. The fraction of sp³-hybridized carbons (Fsp3) is 0.174. The SMILES string of the molecule is Cc1ccc([C@H]2CONC(c3c(Sc4ccccc4C)nnc4ccccc34)=N2)s1. The molecule has 5 nitrogen and oxygen atoms in total. The molecule has 5 rings (SSSR count). The van der Waals surface area contributed by atoms with Crippen LogP contribution in [0.15, 0.2) is 75.6 Å². The number of benzene rings is 2. The zero-order valence-electron chi connectivity index (χ0n) is 16.6. The number of aryl methyl sites for hydroxylation is 2. The fourth-order valence-corrected chi connectivity index (χ4v) is 5.29. The number of thiophene rings is 1. The van der Waals surface area contributed by atoms with Crippen LogP contribution >= 0.6 is 23.1 Å². The molecule has 4 aromatic rings. The first-order valence-corrected chi connectivity index (χ1v) is 11.3. The molecule has 0 unspecified atom stereocenters. The van der Waals surface area contributed by atoms with Crippen LogP contribution in [0, 0.1) is 13.8 Å². The third kappa shape index (κ3) is 3.71. The van der Waals surface area contributed by atoms with Crippen LogP contribution in [0.4, 0.5) is 0 Å². The number of aliphatic imine (C=N–C) groups is 1. The summed E-state index contributed by atoms with van der Waals surface area (Å²) < 4.78 is 0. The Kier molecular flexibility index (Phi) is 5.25. The molecule has 3 heterocycles. The van der Waals surface area contributed by atoms with E-state index in [2.05, 4.69) is 59.9 Å². The van der Waals surface area contributed by atoms with E-state index in [9.17, 15) is 0 Å². The van der Waals surface area contributed by atoms with Crippen molar-refractivity contribution in [1.82, 2.24) is 15.7 Å². The molecule has 150 valence electrons. The Hall–Kier alpha value is -2.74. The molecular formula is C23H20N4OS2. The van der Waals surface area contributed by atoms with Crippen molar-refractivity contribution in [2.75, 3.05) is 6.61 Å². The summed E-state index contributed by atoms with van der Waals surface area (Å²) in [6.07, 6.45) is 0. The molecule has 1 atom stereocenters. The molecule has 0 radical (unpaired) electrons. The fourth-order valence-electron chi connectivity index (χ4n) is 3.41. The highest BCUT2D eigenvalue weighted by molar-refractivity contribution is 7.99. The smallest absolute Gasteiger partial charge is 0.156 e. The van der Waals surface area contributed by atoms with Crippen molar-refractivity contribution in [3.05, 3.63) is 81.5 Å². The highest BCUT2D eigenvalue weighted by atomic mass is 32.2. The predicted octanol–water partition coefficient (Wildman–Crippen LogP) is 5.48. The zero-order valence-corrected chi connectivity index (χ0v) is 18.3. The van der Waals surface area contributed by atoms with Crippen LogP contribution in [0.25, 0.3) is 10.9 Å². The highest BCUT2D eigenvalue weighted by Crippen LogP contribution is 2.35. The first-order valence-electron chi connectivity index (χ1n) is 9.70.